The number of carbonyl (C=O) groups is 1. The SMILES string of the molecule is CCc1cnc(NC(=O)C(C)(CC)CC)cc1CN1CCOCC1. The van der Waals surface area contributed by atoms with E-state index in [-0.39, 0.29) is 11.3 Å². The van der Waals surface area contributed by atoms with Gasteiger partial charge in [-0.2, -0.15) is 0 Å². The average molecular weight is 333 g/mol. The van der Waals surface area contributed by atoms with Crippen molar-refractivity contribution in [2.45, 2.75) is 53.5 Å². The van der Waals surface area contributed by atoms with Crippen LogP contribution in [0, 0.1) is 5.41 Å². The van der Waals surface area contributed by atoms with Crippen LogP contribution in [-0.2, 0) is 22.5 Å². The Hall–Kier alpha value is -1.46. The van der Waals surface area contributed by atoms with Crippen molar-refractivity contribution in [2.24, 2.45) is 5.41 Å². The summed E-state index contributed by atoms with van der Waals surface area (Å²) in [6.45, 7) is 12.6. The fourth-order valence-corrected chi connectivity index (χ4v) is 2.90. The molecule has 24 heavy (non-hydrogen) atoms. The van der Waals surface area contributed by atoms with E-state index < -0.39 is 0 Å². The zero-order valence-corrected chi connectivity index (χ0v) is 15.5. The summed E-state index contributed by atoms with van der Waals surface area (Å²) in [5.74, 6) is 0.718. The molecule has 0 aliphatic carbocycles. The molecule has 0 saturated carbocycles. The quantitative estimate of drug-likeness (QED) is 0.832. The Morgan fingerprint density at radius 3 is 2.50 bits per heavy atom. The molecule has 5 nitrogen and oxygen atoms in total. The number of nitrogens with zero attached hydrogens (tertiary/aromatic N) is 2. The Labute approximate surface area is 145 Å². The highest BCUT2D eigenvalue weighted by molar-refractivity contribution is 5.94. The lowest BCUT2D eigenvalue weighted by molar-refractivity contribution is -0.125. The number of ether oxygens (including phenoxy) is 1. The van der Waals surface area contributed by atoms with E-state index in [2.05, 4.69) is 36.0 Å². The summed E-state index contributed by atoms with van der Waals surface area (Å²) in [6, 6.07) is 2.04. The molecule has 1 aliphatic rings. The van der Waals surface area contributed by atoms with Gasteiger partial charge in [-0.25, -0.2) is 4.98 Å². The predicted molar refractivity (Wildman–Crippen MR) is 97.0 cm³/mol. The zero-order chi connectivity index (χ0) is 17.6. The van der Waals surface area contributed by atoms with Gasteiger partial charge in [0.1, 0.15) is 5.82 Å². The van der Waals surface area contributed by atoms with E-state index in [1.165, 1.54) is 11.1 Å². The fraction of sp³-hybridized carbons (Fsp3) is 0.684. The lowest BCUT2D eigenvalue weighted by Gasteiger charge is -2.28. The number of aryl methyl sites for hydroxylation is 1. The fourth-order valence-electron chi connectivity index (χ4n) is 2.90. The van der Waals surface area contributed by atoms with Gasteiger partial charge in [-0.15, -0.1) is 0 Å². The summed E-state index contributed by atoms with van der Waals surface area (Å²) >= 11 is 0. The monoisotopic (exact) mass is 333 g/mol. The van der Waals surface area contributed by atoms with Crippen molar-refractivity contribution in [3.05, 3.63) is 23.4 Å². The molecule has 0 spiro atoms. The molecule has 1 amide bonds. The van der Waals surface area contributed by atoms with Gasteiger partial charge in [-0.05, 0) is 36.5 Å². The van der Waals surface area contributed by atoms with E-state index >= 15 is 0 Å². The largest absolute Gasteiger partial charge is 0.379 e. The third kappa shape index (κ3) is 4.54. The van der Waals surface area contributed by atoms with Gasteiger partial charge in [0.25, 0.3) is 0 Å². The first-order valence-electron chi connectivity index (χ1n) is 9.11. The predicted octanol–water partition coefficient (Wildman–Crippen LogP) is 3.24. The molecule has 1 N–H and O–H groups in total. The molecule has 5 heteroatoms. The molecule has 2 rings (SSSR count). The van der Waals surface area contributed by atoms with Crippen LogP contribution in [0.4, 0.5) is 5.82 Å². The van der Waals surface area contributed by atoms with Crippen LogP contribution in [0.1, 0.15) is 51.7 Å². The van der Waals surface area contributed by atoms with Gasteiger partial charge in [0, 0.05) is 31.2 Å². The third-order valence-electron chi connectivity index (χ3n) is 5.31. The van der Waals surface area contributed by atoms with Gasteiger partial charge < -0.3 is 10.1 Å². The summed E-state index contributed by atoms with van der Waals surface area (Å²) in [5, 5.41) is 3.02. The first kappa shape index (κ1) is 18.9. The number of rotatable bonds is 7. The van der Waals surface area contributed by atoms with Gasteiger partial charge >= 0.3 is 0 Å². The molecule has 1 aromatic heterocycles. The first-order chi connectivity index (χ1) is 11.5. The van der Waals surface area contributed by atoms with E-state index in [9.17, 15) is 4.79 Å². The van der Waals surface area contributed by atoms with E-state index in [0.29, 0.717) is 5.82 Å². The van der Waals surface area contributed by atoms with Crippen LogP contribution in [0.5, 0.6) is 0 Å². The van der Waals surface area contributed by atoms with Crippen molar-refractivity contribution in [1.82, 2.24) is 9.88 Å². The Balaban J connectivity index is 2.13. The van der Waals surface area contributed by atoms with Crippen LogP contribution in [-0.4, -0.2) is 42.1 Å². The Kier molecular flexibility index (Phi) is 6.75. The van der Waals surface area contributed by atoms with Crippen LogP contribution < -0.4 is 5.32 Å². The summed E-state index contributed by atoms with van der Waals surface area (Å²) in [5.41, 5.74) is 2.16. The number of nitrogens with one attached hydrogen (secondary N) is 1. The van der Waals surface area contributed by atoms with Crippen molar-refractivity contribution in [2.75, 3.05) is 31.6 Å². The maximum Gasteiger partial charge on any atom is 0.231 e. The topological polar surface area (TPSA) is 54.5 Å². The second-order valence-corrected chi connectivity index (χ2v) is 6.80. The van der Waals surface area contributed by atoms with Crippen molar-refractivity contribution >= 4 is 11.7 Å². The van der Waals surface area contributed by atoms with Gasteiger partial charge in [0.15, 0.2) is 0 Å². The third-order valence-corrected chi connectivity index (χ3v) is 5.31. The maximum absolute atomic E-state index is 12.6. The highest BCUT2D eigenvalue weighted by Crippen LogP contribution is 2.27. The van der Waals surface area contributed by atoms with Crippen LogP contribution in [0.15, 0.2) is 12.3 Å². The summed E-state index contributed by atoms with van der Waals surface area (Å²) in [4.78, 5) is 19.4. The molecular weight excluding hydrogens is 302 g/mol. The number of pyridine rings is 1. The van der Waals surface area contributed by atoms with Gasteiger partial charge in [-0.3, -0.25) is 9.69 Å². The van der Waals surface area contributed by atoms with Crippen molar-refractivity contribution in [3.8, 4) is 0 Å². The number of amides is 1. The lowest BCUT2D eigenvalue weighted by atomic mass is 9.84. The zero-order valence-electron chi connectivity index (χ0n) is 15.5. The highest BCUT2D eigenvalue weighted by atomic mass is 16.5. The van der Waals surface area contributed by atoms with Gasteiger partial charge in [0.05, 0.1) is 13.2 Å². The average Bonchev–Trinajstić information content (AvgIpc) is 2.62. The summed E-state index contributed by atoms with van der Waals surface area (Å²) in [6.07, 6.45) is 4.50. The molecule has 1 saturated heterocycles. The van der Waals surface area contributed by atoms with E-state index in [0.717, 1.165) is 52.1 Å². The molecule has 0 aromatic carbocycles. The number of hydrogen-bond donors (Lipinski definition) is 1. The summed E-state index contributed by atoms with van der Waals surface area (Å²) < 4.78 is 5.42. The number of hydrogen-bond acceptors (Lipinski definition) is 4. The molecule has 0 radical (unpaired) electrons. The highest BCUT2D eigenvalue weighted by Gasteiger charge is 2.29. The minimum Gasteiger partial charge on any atom is -0.379 e. The Morgan fingerprint density at radius 2 is 1.92 bits per heavy atom. The standard InChI is InChI=1S/C19H31N3O2/c1-5-15-13-20-17(21-18(23)19(4,6-2)7-3)12-16(15)14-22-8-10-24-11-9-22/h12-13H,5-11,14H2,1-4H3,(H,20,21,23). The van der Waals surface area contributed by atoms with Crippen molar-refractivity contribution in [1.29, 1.82) is 0 Å². The van der Waals surface area contributed by atoms with Gasteiger partial charge in [-0.1, -0.05) is 27.7 Å². The van der Waals surface area contributed by atoms with Crippen LogP contribution in [0.3, 0.4) is 0 Å². The van der Waals surface area contributed by atoms with Gasteiger partial charge in [0.2, 0.25) is 5.91 Å². The molecule has 0 bridgehead atoms. The normalized spacial score (nSPS) is 16.2. The molecule has 134 valence electrons. The van der Waals surface area contributed by atoms with Crippen LogP contribution in [0.25, 0.3) is 0 Å². The van der Waals surface area contributed by atoms with E-state index in [1.807, 2.05) is 19.2 Å². The molecule has 1 aromatic rings. The second kappa shape index (κ2) is 8.58. The lowest BCUT2D eigenvalue weighted by Crippen LogP contribution is -2.36. The van der Waals surface area contributed by atoms with Crippen LogP contribution >= 0.6 is 0 Å². The molecule has 0 atom stereocenters. The number of anilines is 1. The van der Waals surface area contributed by atoms with Crippen molar-refractivity contribution < 1.29 is 9.53 Å². The van der Waals surface area contributed by atoms with Crippen molar-refractivity contribution in [3.63, 3.8) is 0 Å². The minimum atomic E-state index is -0.338. The summed E-state index contributed by atoms with van der Waals surface area (Å²) in [7, 11) is 0. The molecule has 0 unspecified atom stereocenters. The van der Waals surface area contributed by atoms with Crippen LogP contribution in [0.2, 0.25) is 0 Å². The molecule has 1 aliphatic heterocycles. The Bertz CT molecular complexity index is 550. The number of morpholine rings is 1. The second-order valence-electron chi connectivity index (χ2n) is 6.80. The molecular formula is C19H31N3O2. The number of aromatic nitrogens is 1. The molecule has 1 fully saturated rings. The minimum absolute atomic E-state index is 0.0570. The van der Waals surface area contributed by atoms with E-state index in [1.54, 1.807) is 0 Å². The van der Waals surface area contributed by atoms with E-state index in [4.69, 9.17) is 4.74 Å². The molecule has 2 heterocycles. The Morgan fingerprint density at radius 1 is 1.25 bits per heavy atom. The number of carbonyl (C=O) groups excluding carboxylic acids is 1. The first-order valence-corrected chi connectivity index (χ1v) is 9.11. The maximum atomic E-state index is 12.6. The smallest absolute Gasteiger partial charge is 0.231 e.